The van der Waals surface area contributed by atoms with E-state index in [-0.39, 0.29) is 0 Å². The molecule has 0 aromatic rings. The first-order valence-corrected chi connectivity index (χ1v) is 4.97. The summed E-state index contributed by atoms with van der Waals surface area (Å²) in [5.74, 6) is 2.31. The molecular weight excluding hydrogens is 120 g/mol. The Labute approximate surface area is 64.0 Å². The minimum Gasteiger partial charge on any atom is -0.0533 e. The van der Waals surface area contributed by atoms with Crippen LogP contribution < -0.4 is 0 Å². The molecule has 2 saturated carbocycles. The average molecular weight is 138 g/mol. The molecule has 10 heavy (non-hydrogen) atoms. The minimum atomic E-state index is 1.16. The van der Waals surface area contributed by atoms with Gasteiger partial charge in [0, 0.05) is 0 Å². The van der Waals surface area contributed by atoms with E-state index in [0.29, 0.717) is 0 Å². The second-order valence-electron chi connectivity index (χ2n) is 4.09. The molecule has 2 aliphatic rings. The standard InChI is InChI=1S/C10H18/c1-2-5-9-7-4-8-10(9)6-3-1/h9-10H,1-8H2/t9-,10+. The summed E-state index contributed by atoms with van der Waals surface area (Å²) in [4.78, 5) is 0. The van der Waals surface area contributed by atoms with Crippen LogP contribution >= 0.6 is 0 Å². The van der Waals surface area contributed by atoms with Crippen molar-refractivity contribution in [2.45, 2.75) is 51.4 Å². The van der Waals surface area contributed by atoms with Crippen molar-refractivity contribution in [2.24, 2.45) is 11.8 Å². The van der Waals surface area contributed by atoms with Crippen molar-refractivity contribution in [2.75, 3.05) is 0 Å². The van der Waals surface area contributed by atoms with Gasteiger partial charge in [-0.05, 0) is 11.8 Å². The van der Waals surface area contributed by atoms with Gasteiger partial charge in [0.2, 0.25) is 0 Å². The second-order valence-corrected chi connectivity index (χ2v) is 4.09. The third-order valence-corrected chi connectivity index (χ3v) is 3.47. The van der Waals surface area contributed by atoms with E-state index in [9.17, 15) is 0 Å². The Morgan fingerprint density at radius 1 is 0.500 bits per heavy atom. The van der Waals surface area contributed by atoms with Crippen LogP contribution in [-0.2, 0) is 0 Å². The van der Waals surface area contributed by atoms with E-state index in [0.717, 1.165) is 11.8 Å². The van der Waals surface area contributed by atoms with Crippen LogP contribution in [0.25, 0.3) is 0 Å². The van der Waals surface area contributed by atoms with Crippen molar-refractivity contribution in [1.82, 2.24) is 0 Å². The summed E-state index contributed by atoms with van der Waals surface area (Å²) < 4.78 is 0. The van der Waals surface area contributed by atoms with E-state index in [1.807, 2.05) is 0 Å². The van der Waals surface area contributed by atoms with Crippen molar-refractivity contribution in [1.29, 1.82) is 0 Å². The maximum atomic E-state index is 1.56. The molecule has 0 N–H and O–H groups in total. The van der Waals surface area contributed by atoms with Gasteiger partial charge < -0.3 is 0 Å². The zero-order chi connectivity index (χ0) is 6.81. The average Bonchev–Trinajstić information content (AvgIpc) is 2.28. The molecule has 0 aromatic heterocycles. The molecule has 2 atom stereocenters. The van der Waals surface area contributed by atoms with Gasteiger partial charge >= 0.3 is 0 Å². The lowest BCUT2D eigenvalue weighted by Gasteiger charge is -2.14. The maximum absolute atomic E-state index is 1.56. The number of rotatable bonds is 0. The number of fused-ring (bicyclic) bond motifs is 1. The van der Waals surface area contributed by atoms with E-state index in [1.54, 1.807) is 25.7 Å². The van der Waals surface area contributed by atoms with Crippen LogP contribution in [0.4, 0.5) is 0 Å². The SMILES string of the molecule is C1CC[C@@H]2CCC[C@@H]2CC1. The topological polar surface area (TPSA) is 0 Å². The van der Waals surface area contributed by atoms with Gasteiger partial charge in [-0.3, -0.25) is 0 Å². The molecule has 0 radical (unpaired) electrons. The fourth-order valence-corrected chi connectivity index (χ4v) is 2.86. The lowest BCUT2D eigenvalue weighted by atomic mass is 9.92. The Morgan fingerprint density at radius 3 is 1.60 bits per heavy atom. The monoisotopic (exact) mass is 138 g/mol. The van der Waals surface area contributed by atoms with Crippen molar-refractivity contribution in [3.05, 3.63) is 0 Å². The van der Waals surface area contributed by atoms with Crippen LogP contribution in [-0.4, -0.2) is 0 Å². The van der Waals surface area contributed by atoms with Gasteiger partial charge in [0.15, 0.2) is 0 Å². The molecule has 2 aliphatic carbocycles. The van der Waals surface area contributed by atoms with Gasteiger partial charge in [0.25, 0.3) is 0 Å². The highest BCUT2D eigenvalue weighted by molar-refractivity contribution is 4.79. The van der Waals surface area contributed by atoms with E-state index >= 15 is 0 Å². The Bertz CT molecular complexity index is 94.6. The predicted molar refractivity (Wildman–Crippen MR) is 43.9 cm³/mol. The predicted octanol–water partition coefficient (Wildman–Crippen LogP) is 3.37. The van der Waals surface area contributed by atoms with Gasteiger partial charge in [-0.25, -0.2) is 0 Å². The van der Waals surface area contributed by atoms with Crippen molar-refractivity contribution >= 4 is 0 Å². The highest BCUT2D eigenvalue weighted by Gasteiger charge is 2.27. The Morgan fingerprint density at radius 2 is 1.00 bits per heavy atom. The molecule has 2 fully saturated rings. The van der Waals surface area contributed by atoms with Gasteiger partial charge in [-0.15, -0.1) is 0 Å². The minimum absolute atomic E-state index is 1.16. The molecule has 0 nitrogen and oxygen atoms in total. The number of hydrogen-bond acceptors (Lipinski definition) is 0. The zero-order valence-electron chi connectivity index (χ0n) is 6.81. The van der Waals surface area contributed by atoms with E-state index in [4.69, 9.17) is 0 Å². The normalized spacial score (nSPS) is 40.8. The fourth-order valence-electron chi connectivity index (χ4n) is 2.86. The second kappa shape index (κ2) is 2.94. The first kappa shape index (κ1) is 6.69. The molecule has 0 unspecified atom stereocenters. The third kappa shape index (κ3) is 1.21. The summed E-state index contributed by atoms with van der Waals surface area (Å²) in [7, 11) is 0. The molecule has 0 amide bonds. The van der Waals surface area contributed by atoms with Crippen LogP contribution in [0.1, 0.15) is 51.4 Å². The summed E-state index contributed by atoms with van der Waals surface area (Å²) in [6.45, 7) is 0. The zero-order valence-corrected chi connectivity index (χ0v) is 6.81. The molecule has 0 aliphatic heterocycles. The molecule has 0 bridgehead atoms. The molecule has 2 rings (SSSR count). The quantitative estimate of drug-likeness (QED) is 0.481. The number of hydrogen-bond donors (Lipinski definition) is 0. The lowest BCUT2D eigenvalue weighted by molar-refractivity contribution is 0.367. The van der Waals surface area contributed by atoms with Gasteiger partial charge in [-0.1, -0.05) is 51.4 Å². The maximum Gasteiger partial charge on any atom is -0.0386 e. The summed E-state index contributed by atoms with van der Waals surface area (Å²) >= 11 is 0. The van der Waals surface area contributed by atoms with E-state index in [1.165, 1.54) is 25.7 Å². The van der Waals surface area contributed by atoms with E-state index < -0.39 is 0 Å². The van der Waals surface area contributed by atoms with Crippen LogP contribution in [0.3, 0.4) is 0 Å². The van der Waals surface area contributed by atoms with Crippen LogP contribution in [0.5, 0.6) is 0 Å². The van der Waals surface area contributed by atoms with Crippen LogP contribution in [0, 0.1) is 11.8 Å². The molecule has 0 spiro atoms. The largest absolute Gasteiger partial charge is 0.0533 e. The summed E-state index contributed by atoms with van der Waals surface area (Å²) in [5, 5.41) is 0. The Kier molecular flexibility index (Phi) is 1.97. The molecule has 58 valence electrons. The highest BCUT2D eigenvalue weighted by atomic mass is 14.3. The first-order valence-electron chi connectivity index (χ1n) is 4.97. The van der Waals surface area contributed by atoms with Gasteiger partial charge in [0.05, 0.1) is 0 Å². The summed E-state index contributed by atoms with van der Waals surface area (Å²) in [6.07, 6.45) is 12.4. The van der Waals surface area contributed by atoms with Crippen molar-refractivity contribution in [3.63, 3.8) is 0 Å². The summed E-state index contributed by atoms with van der Waals surface area (Å²) in [6, 6.07) is 0. The van der Waals surface area contributed by atoms with Gasteiger partial charge in [0.1, 0.15) is 0 Å². The highest BCUT2D eigenvalue weighted by Crippen LogP contribution is 2.40. The first-order chi connectivity index (χ1) is 4.97. The van der Waals surface area contributed by atoms with Gasteiger partial charge in [-0.2, -0.15) is 0 Å². The molecule has 0 heteroatoms. The Balaban J connectivity index is 1.95. The van der Waals surface area contributed by atoms with Crippen molar-refractivity contribution < 1.29 is 0 Å². The molecular formula is C10H18. The van der Waals surface area contributed by atoms with Crippen LogP contribution in [0.2, 0.25) is 0 Å². The molecule has 0 saturated heterocycles. The summed E-state index contributed by atoms with van der Waals surface area (Å²) in [5.41, 5.74) is 0. The van der Waals surface area contributed by atoms with E-state index in [2.05, 4.69) is 0 Å². The van der Waals surface area contributed by atoms with Crippen molar-refractivity contribution in [3.8, 4) is 0 Å². The molecule has 0 aromatic carbocycles. The fraction of sp³-hybridized carbons (Fsp3) is 1.00. The Hall–Kier alpha value is 0. The van der Waals surface area contributed by atoms with Crippen LogP contribution in [0.15, 0.2) is 0 Å². The lowest BCUT2D eigenvalue weighted by Crippen LogP contribution is -2.04. The molecule has 0 heterocycles. The third-order valence-electron chi connectivity index (χ3n) is 3.47. The smallest absolute Gasteiger partial charge is 0.0386 e.